The third kappa shape index (κ3) is 2.95. The van der Waals surface area contributed by atoms with Gasteiger partial charge in [-0.15, -0.1) is 0 Å². The highest BCUT2D eigenvalue weighted by molar-refractivity contribution is 7.80. The predicted molar refractivity (Wildman–Crippen MR) is 59.1 cm³/mol. The lowest BCUT2D eigenvalue weighted by molar-refractivity contribution is 0.270. The van der Waals surface area contributed by atoms with Crippen LogP contribution in [0.5, 0.6) is 0 Å². The summed E-state index contributed by atoms with van der Waals surface area (Å²) in [6.07, 6.45) is -0.120. The van der Waals surface area contributed by atoms with Crippen molar-refractivity contribution in [2.24, 2.45) is 0 Å². The Bertz CT molecular complexity index is 353. The van der Waals surface area contributed by atoms with Crippen LogP contribution in [0.2, 0.25) is 10.0 Å². The molecule has 1 atom stereocenters. The second-order valence-electron chi connectivity index (χ2n) is 2.93. The topological polar surface area (TPSA) is 26.3 Å². The van der Waals surface area contributed by atoms with Gasteiger partial charge in [-0.1, -0.05) is 29.3 Å². The van der Waals surface area contributed by atoms with E-state index in [2.05, 4.69) is 0 Å². The number of hydrogen-bond donors (Lipinski definition) is 0. The molecule has 1 aromatic carbocycles. The van der Waals surface area contributed by atoms with Crippen LogP contribution in [0.15, 0.2) is 23.1 Å². The summed E-state index contributed by atoms with van der Waals surface area (Å²) in [6, 6.07) is 4.96. The van der Waals surface area contributed by atoms with Gasteiger partial charge in [0.2, 0.25) is 0 Å². The van der Waals surface area contributed by atoms with Crippen LogP contribution in [0.4, 0.5) is 0 Å². The third-order valence-corrected chi connectivity index (χ3v) is 3.57. The molecule has 0 amide bonds. The molecule has 0 radical (unpaired) electrons. The normalized spacial score (nSPS) is 13.2. The Balaban J connectivity index is 2.96. The van der Waals surface area contributed by atoms with Gasteiger partial charge in [0.25, 0.3) is 0 Å². The first-order valence-electron chi connectivity index (χ1n) is 4.05. The third-order valence-electron chi connectivity index (χ3n) is 1.38. The van der Waals surface area contributed by atoms with Crippen molar-refractivity contribution in [2.75, 3.05) is 0 Å². The Morgan fingerprint density at radius 1 is 1.36 bits per heavy atom. The van der Waals surface area contributed by atoms with Crippen molar-refractivity contribution >= 4 is 34.3 Å². The molecule has 0 fully saturated rings. The first-order chi connectivity index (χ1) is 6.52. The molecule has 0 aromatic heterocycles. The van der Waals surface area contributed by atoms with Gasteiger partial charge in [-0.2, -0.15) is 0 Å². The molecule has 1 unspecified atom stereocenters. The molecule has 0 spiro atoms. The molecule has 0 N–H and O–H groups in total. The van der Waals surface area contributed by atoms with Gasteiger partial charge >= 0.3 is 0 Å². The maximum absolute atomic E-state index is 11.6. The van der Waals surface area contributed by atoms with E-state index < -0.39 is 11.1 Å². The van der Waals surface area contributed by atoms with Crippen molar-refractivity contribution in [2.45, 2.75) is 24.8 Å². The average molecular weight is 253 g/mol. The standard InChI is InChI=1S/C9H10Cl2O2S/c1-6(2)13-14(12)8-5-3-4-7(10)9(8)11/h3-6H,1-2H3. The molecule has 5 heteroatoms. The lowest BCUT2D eigenvalue weighted by atomic mass is 10.4. The Morgan fingerprint density at radius 3 is 2.57 bits per heavy atom. The minimum absolute atomic E-state index is 0.120. The molecule has 0 saturated carbocycles. The Hall–Kier alpha value is -0.0900. The highest BCUT2D eigenvalue weighted by Crippen LogP contribution is 2.28. The first kappa shape index (κ1) is 12.0. The molecular weight excluding hydrogens is 243 g/mol. The van der Waals surface area contributed by atoms with Crippen LogP contribution >= 0.6 is 23.2 Å². The molecule has 0 aliphatic carbocycles. The highest BCUT2D eigenvalue weighted by Gasteiger charge is 2.12. The molecule has 0 heterocycles. The van der Waals surface area contributed by atoms with E-state index in [1.54, 1.807) is 32.0 Å². The van der Waals surface area contributed by atoms with Gasteiger partial charge in [0.15, 0.2) is 11.1 Å². The maximum atomic E-state index is 11.6. The van der Waals surface area contributed by atoms with Gasteiger partial charge in [0.05, 0.1) is 21.0 Å². The second-order valence-corrected chi connectivity index (χ2v) is 4.82. The van der Waals surface area contributed by atoms with Crippen molar-refractivity contribution in [3.63, 3.8) is 0 Å². The fourth-order valence-electron chi connectivity index (χ4n) is 0.839. The molecular formula is C9H10Cl2O2S. The molecule has 0 aliphatic heterocycles. The minimum atomic E-state index is -1.55. The average Bonchev–Trinajstić information content (AvgIpc) is 2.08. The van der Waals surface area contributed by atoms with Gasteiger partial charge in [-0.05, 0) is 26.0 Å². The summed E-state index contributed by atoms with van der Waals surface area (Å²) >= 11 is 10.1. The van der Waals surface area contributed by atoms with Crippen molar-refractivity contribution in [3.05, 3.63) is 28.2 Å². The maximum Gasteiger partial charge on any atom is 0.191 e. The summed E-state index contributed by atoms with van der Waals surface area (Å²) in [5, 5.41) is 0.665. The van der Waals surface area contributed by atoms with E-state index in [4.69, 9.17) is 27.4 Å². The zero-order valence-corrected chi connectivity index (χ0v) is 10.1. The van der Waals surface area contributed by atoms with E-state index in [0.717, 1.165) is 0 Å². The fraction of sp³-hybridized carbons (Fsp3) is 0.333. The summed E-state index contributed by atoms with van der Waals surface area (Å²) < 4.78 is 16.7. The molecule has 0 saturated heterocycles. The van der Waals surface area contributed by atoms with E-state index in [0.29, 0.717) is 9.92 Å². The SMILES string of the molecule is CC(C)OS(=O)c1cccc(Cl)c1Cl. The quantitative estimate of drug-likeness (QED) is 0.824. The van der Waals surface area contributed by atoms with E-state index >= 15 is 0 Å². The van der Waals surface area contributed by atoms with Gasteiger partial charge in [0, 0.05) is 0 Å². The zero-order valence-electron chi connectivity index (χ0n) is 7.79. The van der Waals surface area contributed by atoms with Gasteiger partial charge in [0.1, 0.15) is 0 Å². The van der Waals surface area contributed by atoms with E-state index in [9.17, 15) is 4.21 Å². The van der Waals surface area contributed by atoms with Crippen LogP contribution in [0.1, 0.15) is 13.8 Å². The van der Waals surface area contributed by atoms with Crippen LogP contribution in [0, 0.1) is 0 Å². The van der Waals surface area contributed by atoms with E-state index in [1.165, 1.54) is 0 Å². The first-order valence-corrected chi connectivity index (χ1v) is 5.88. The van der Waals surface area contributed by atoms with Gasteiger partial charge < -0.3 is 0 Å². The monoisotopic (exact) mass is 252 g/mol. The van der Waals surface area contributed by atoms with Crippen molar-refractivity contribution < 1.29 is 8.39 Å². The Kier molecular flexibility index (Phi) is 4.38. The molecule has 0 aliphatic rings. The number of halogens is 2. The molecule has 0 bridgehead atoms. The number of hydrogen-bond acceptors (Lipinski definition) is 2. The summed E-state index contributed by atoms with van der Waals surface area (Å²) in [6.45, 7) is 3.60. The molecule has 14 heavy (non-hydrogen) atoms. The van der Waals surface area contributed by atoms with Crippen LogP contribution in [-0.4, -0.2) is 10.3 Å². The van der Waals surface area contributed by atoms with Crippen molar-refractivity contribution in [1.29, 1.82) is 0 Å². The number of rotatable bonds is 3. The Morgan fingerprint density at radius 2 is 2.00 bits per heavy atom. The van der Waals surface area contributed by atoms with E-state index in [1.807, 2.05) is 0 Å². The summed E-state index contributed by atoms with van der Waals surface area (Å²) in [7, 11) is 0. The number of benzene rings is 1. The lowest BCUT2D eigenvalue weighted by Gasteiger charge is -2.08. The molecule has 78 valence electrons. The zero-order chi connectivity index (χ0) is 10.7. The van der Waals surface area contributed by atoms with Crippen LogP contribution in [-0.2, 0) is 15.3 Å². The molecule has 1 aromatic rings. The van der Waals surface area contributed by atoms with Gasteiger partial charge in [-0.3, -0.25) is 4.18 Å². The fourth-order valence-corrected chi connectivity index (χ4v) is 2.28. The lowest BCUT2D eigenvalue weighted by Crippen LogP contribution is -2.06. The predicted octanol–water partition coefficient (Wildman–Crippen LogP) is 3.44. The molecule has 2 nitrogen and oxygen atoms in total. The van der Waals surface area contributed by atoms with Crippen LogP contribution in [0.3, 0.4) is 0 Å². The van der Waals surface area contributed by atoms with Crippen LogP contribution in [0.25, 0.3) is 0 Å². The summed E-state index contributed by atoms with van der Waals surface area (Å²) in [5.74, 6) is 0. The smallest absolute Gasteiger partial charge is 0.191 e. The van der Waals surface area contributed by atoms with Crippen molar-refractivity contribution in [3.8, 4) is 0 Å². The Labute approximate surface area is 95.8 Å². The van der Waals surface area contributed by atoms with E-state index in [-0.39, 0.29) is 11.1 Å². The highest BCUT2D eigenvalue weighted by atomic mass is 35.5. The summed E-state index contributed by atoms with van der Waals surface area (Å²) in [5.41, 5.74) is 0. The minimum Gasteiger partial charge on any atom is -0.284 e. The van der Waals surface area contributed by atoms with Gasteiger partial charge in [-0.25, -0.2) is 4.21 Å². The van der Waals surface area contributed by atoms with Crippen LogP contribution < -0.4 is 0 Å². The summed E-state index contributed by atoms with van der Waals surface area (Å²) in [4.78, 5) is 0.410. The molecule has 1 rings (SSSR count). The largest absolute Gasteiger partial charge is 0.284 e. The second kappa shape index (κ2) is 5.12. The van der Waals surface area contributed by atoms with Crippen molar-refractivity contribution in [1.82, 2.24) is 0 Å².